The first-order valence-electron chi connectivity index (χ1n) is 3.73. The van der Waals surface area contributed by atoms with E-state index in [1.54, 1.807) is 6.08 Å². The third-order valence-corrected chi connectivity index (χ3v) is 1.91. The second kappa shape index (κ2) is 4.87. The van der Waals surface area contributed by atoms with Crippen LogP contribution in [0, 0.1) is 0 Å². The normalized spacial score (nSPS) is 11.0. The molecule has 0 amide bonds. The zero-order valence-electron chi connectivity index (χ0n) is 7.01. The van der Waals surface area contributed by atoms with Gasteiger partial charge in [0.1, 0.15) is 6.61 Å². The maximum Gasteiger partial charge on any atom is 0.695 e. The third kappa shape index (κ3) is 3.47. The first kappa shape index (κ1) is 10.1. The van der Waals surface area contributed by atoms with Crippen LogP contribution in [0.25, 0.3) is 6.08 Å². The highest BCUT2D eigenvalue weighted by Crippen LogP contribution is 2.18. The molecule has 1 aromatic carbocycles. The van der Waals surface area contributed by atoms with Crippen molar-refractivity contribution in [2.24, 2.45) is 0 Å². The lowest BCUT2D eigenvalue weighted by molar-refractivity contribution is 0.272. The minimum Gasteiger partial charge on any atom is -0.133 e. The fourth-order valence-electron chi connectivity index (χ4n) is 0.880. The predicted octanol–water partition coefficient (Wildman–Crippen LogP) is 2.50. The summed E-state index contributed by atoms with van der Waals surface area (Å²) in [6, 6.07) is 7.40. The molecule has 3 nitrogen and oxygen atoms in total. The van der Waals surface area contributed by atoms with Gasteiger partial charge in [0.05, 0.1) is 0 Å². The molecule has 0 aliphatic rings. The maximum absolute atomic E-state index is 10.2. The number of benzene rings is 1. The van der Waals surface area contributed by atoms with E-state index < -0.39 is 8.25 Å². The van der Waals surface area contributed by atoms with Gasteiger partial charge in [0, 0.05) is 4.57 Å². The molecule has 0 spiro atoms. The molecule has 1 aromatic rings. The van der Waals surface area contributed by atoms with Crippen LogP contribution in [0.15, 0.2) is 30.8 Å². The number of rotatable bonds is 4. The van der Waals surface area contributed by atoms with Crippen LogP contribution < -0.4 is 0 Å². The molecule has 4 heteroatoms. The Morgan fingerprint density at radius 3 is 2.54 bits per heavy atom. The van der Waals surface area contributed by atoms with Gasteiger partial charge in [-0.1, -0.05) is 36.9 Å². The van der Waals surface area contributed by atoms with E-state index in [0.717, 1.165) is 11.1 Å². The molecule has 0 saturated heterocycles. The topological polar surface area (TPSA) is 46.5 Å². The Kier molecular flexibility index (Phi) is 3.77. The summed E-state index contributed by atoms with van der Waals surface area (Å²) < 4.78 is 14.7. The van der Waals surface area contributed by atoms with E-state index >= 15 is 0 Å². The van der Waals surface area contributed by atoms with Crippen molar-refractivity contribution in [2.75, 3.05) is 0 Å². The zero-order valence-corrected chi connectivity index (χ0v) is 7.91. The molecule has 1 rings (SSSR count). The van der Waals surface area contributed by atoms with E-state index in [2.05, 4.69) is 11.1 Å². The number of hydrogen-bond donors (Lipinski definition) is 1. The highest BCUT2D eigenvalue weighted by atomic mass is 31.1. The third-order valence-electron chi connectivity index (χ3n) is 1.56. The van der Waals surface area contributed by atoms with Gasteiger partial charge in [0.15, 0.2) is 0 Å². The van der Waals surface area contributed by atoms with Gasteiger partial charge in [-0.15, -0.1) is 9.42 Å². The molecule has 13 heavy (non-hydrogen) atoms. The van der Waals surface area contributed by atoms with Crippen LogP contribution in [-0.4, -0.2) is 4.89 Å². The maximum atomic E-state index is 10.2. The molecule has 0 fully saturated rings. The standard InChI is InChI=1S/C9H9O3P/c1-2-8-3-5-9(6-4-8)7-12-13(10)11/h2-6H,1,7H2/p+1. The quantitative estimate of drug-likeness (QED) is 0.754. The Morgan fingerprint density at radius 1 is 1.46 bits per heavy atom. The zero-order chi connectivity index (χ0) is 9.68. The Labute approximate surface area is 77.6 Å². The van der Waals surface area contributed by atoms with Gasteiger partial charge in [-0.05, 0) is 11.1 Å². The minimum atomic E-state index is -2.51. The van der Waals surface area contributed by atoms with E-state index in [1.165, 1.54) is 0 Å². The second-order valence-corrected chi connectivity index (χ2v) is 3.19. The van der Waals surface area contributed by atoms with Crippen molar-refractivity contribution in [3.8, 4) is 0 Å². The van der Waals surface area contributed by atoms with E-state index in [9.17, 15) is 4.57 Å². The SMILES string of the molecule is C=Cc1ccc(CO[P+](=O)O)cc1. The monoisotopic (exact) mass is 197 g/mol. The lowest BCUT2D eigenvalue weighted by Crippen LogP contribution is -1.85. The molecule has 1 unspecified atom stereocenters. The lowest BCUT2D eigenvalue weighted by atomic mass is 10.1. The van der Waals surface area contributed by atoms with Crippen LogP contribution in [0.2, 0.25) is 0 Å². The molecule has 0 radical (unpaired) electrons. The van der Waals surface area contributed by atoms with Gasteiger partial charge in [-0.3, -0.25) is 0 Å². The van der Waals surface area contributed by atoms with Crippen molar-refractivity contribution in [2.45, 2.75) is 6.61 Å². The smallest absolute Gasteiger partial charge is 0.133 e. The first-order chi connectivity index (χ1) is 6.22. The fraction of sp³-hybridized carbons (Fsp3) is 0.111. The van der Waals surface area contributed by atoms with Crippen LogP contribution in [0.5, 0.6) is 0 Å². The highest BCUT2D eigenvalue weighted by molar-refractivity contribution is 7.32. The van der Waals surface area contributed by atoms with E-state index in [0.29, 0.717) is 0 Å². The predicted molar refractivity (Wildman–Crippen MR) is 51.1 cm³/mol. The largest absolute Gasteiger partial charge is 0.695 e. The average Bonchev–Trinajstić information content (AvgIpc) is 2.15. The van der Waals surface area contributed by atoms with E-state index in [-0.39, 0.29) is 6.61 Å². The van der Waals surface area contributed by atoms with Crippen molar-refractivity contribution in [3.05, 3.63) is 42.0 Å². The van der Waals surface area contributed by atoms with Crippen LogP contribution >= 0.6 is 8.25 Å². The summed E-state index contributed by atoms with van der Waals surface area (Å²) in [6.07, 6.45) is 1.73. The van der Waals surface area contributed by atoms with Gasteiger partial charge in [-0.25, -0.2) is 0 Å². The van der Waals surface area contributed by atoms with Gasteiger partial charge < -0.3 is 0 Å². The Morgan fingerprint density at radius 2 is 2.08 bits per heavy atom. The molecule has 0 aliphatic carbocycles. The molecule has 68 valence electrons. The molecule has 1 N–H and O–H groups in total. The summed E-state index contributed by atoms with van der Waals surface area (Å²) in [5.74, 6) is 0. The average molecular weight is 197 g/mol. The van der Waals surface area contributed by atoms with Gasteiger partial charge in [0.25, 0.3) is 0 Å². The molecule has 1 atom stereocenters. The van der Waals surface area contributed by atoms with Crippen LogP contribution in [0.3, 0.4) is 0 Å². The Bertz CT molecular complexity index is 305. The van der Waals surface area contributed by atoms with Crippen molar-refractivity contribution >= 4 is 14.3 Å². The van der Waals surface area contributed by atoms with Gasteiger partial charge in [-0.2, -0.15) is 0 Å². The summed E-state index contributed by atoms with van der Waals surface area (Å²) in [6.45, 7) is 3.77. The molecular formula is C9H10O3P+. The molecule has 0 heterocycles. The van der Waals surface area contributed by atoms with Crippen molar-refractivity contribution in [1.82, 2.24) is 0 Å². The van der Waals surface area contributed by atoms with E-state index in [1.807, 2.05) is 24.3 Å². The molecule has 0 bridgehead atoms. The molecule has 0 aromatic heterocycles. The van der Waals surface area contributed by atoms with Gasteiger partial charge >= 0.3 is 8.25 Å². The van der Waals surface area contributed by atoms with Crippen LogP contribution in [-0.2, 0) is 15.7 Å². The van der Waals surface area contributed by atoms with Crippen molar-refractivity contribution in [3.63, 3.8) is 0 Å². The van der Waals surface area contributed by atoms with Crippen molar-refractivity contribution < 1.29 is 14.0 Å². The Balaban J connectivity index is 2.59. The summed E-state index contributed by atoms with van der Waals surface area (Å²) >= 11 is 0. The van der Waals surface area contributed by atoms with Crippen LogP contribution in [0.4, 0.5) is 0 Å². The first-order valence-corrected chi connectivity index (χ1v) is 4.86. The number of hydrogen-bond acceptors (Lipinski definition) is 2. The summed E-state index contributed by atoms with van der Waals surface area (Å²) in [4.78, 5) is 8.39. The lowest BCUT2D eigenvalue weighted by Gasteiger charge is -1.95. The summed E-state index contributed by atoms with van der Waals surface area (Å²) in [5, 5.41) is 0. The fourth-order valence-corrected chi connectivity index (χ4v) is 1.14. The summed E-state index contributed by atoms with van der Waals surface area (Å²) in [5.41, 5.74) is 1.88. The summed E-state index contributed by atoms with van der Waals surface area (Å²) in [7, 11) is -2.51. The van der Waals surface area contributed by atoms with E-state index in [4.69, 9.17) is 4.89 Å². The molecule has 0 aliphatic heterocycles. The van der Waals surface area contributed by atoms with Crippen LogP contribution in [0.1, 0.15) is 11.1 Å². The second-order valence-electron chi connectivity index (χ2n) is 2.46. The molecular weight excluding hydrogens is 187 g/mol. The van der Waals surface area contributed by atoms with Gasteiger partial charge in [0.2, 0.25) is 0 Å². The Hall–Kier alpha value is -1.02. The van der Waals surface area contributed by atoms with Crippen molar-refractivity contribution in [1.29, 1.82) is 0 Å². The highest BCUT2D eigenvalue weighted by Gasteiger charge is 2.11. The minimum absolute atomic E-state index is 0.156. The molecule has 0 saturated carbocycles.